The number of rotatable bonds is 58. The van der Waals surface area contributed by atoms with Crippen molar-refractivity contribution in [3.8, 4) is 0 Å². The second-order valence-electron chi connectivity index (χ2n) is 24.5. The molecule has 6 N–H and O–H groups in total. The van der Waals surface area contributed by atoms with Gasteiger partial charge in [-0.2, -0.15) is 21.7 Å². The number of nitrogens with one attached hydrogen (secondary N) is 4. The number of ether oxygens (including phenoxy) is 2. The largest absolute Gasteiger partial charge is 0.462 e. The number of hydrogen-bond acceptors (Lipinski definition) is 12. The summed E-state index contributed by atoms with van der Waals surface area (Å²) in [7, 11) is 0. The van der Waals surface area contributed by atoms with E-state index in [9.17, 15) is 24.0 Å². The number of aromatic amines is 1. The van der Waals surface area contributed by atoms with Gasteiger partial charge in [0, 0.05) is 43.0 Å². The van der Waals surface area contributed by atoms with Gasteiger partial charge in [0.05, 0.1) is 6.54 Å². The summed E-state index contributed by atoms with van der Waals surface area (Å²) < 4.78 is 13.3. The van der Waals surface area contributed by atoms with Gasteiger partial charge in [-0.3, -0.25) is 23.7 Å². The molecule has 0 saturated carbocycles. The van der Waals surface area contributed by atoms with Gasteiger partial charge in [-0.05, 0) is 43.4 Å². The number of carbonyl (C=O) groups excluding carboxylic acids is 4. The highest BCUT2D eigenvalue weighted by atomic mass is 32.2. The molecule has 0 aliphatic rings. The minimum absolute atomic E-state index is 0.0642. The van der Waals surface area contributed by atoms with Crippen molar-refractivity contribution in [1.29, 1.82) is 0 Å². The Hall–Kier alpha value is -4.60. The van der Waals surface area contributed by atoms with E-state index in [-0.39, 0.29) is 59.9 Å². The second kappa shape index (κ2) is 51.3. The number of amides is 2. The van der Waals surface area contributed by atoms with Crippen LogP contribution in [0.5, 0.6) is 0 Å². The number of carbonyl (C=O) groups is 4. The number of unbranched alkanes of at least 4 members (excludes halogenated alkanes) is 37. The molecule has 16 heteroatoms. The molecule has 490 valence electrons. The summed E-state index contributed by atoms with van der Waals surface area (Å²) in [5.41, 5.74) is 7.95. The van der Waals surface area contributed by atoms with E-state index in [2.05, 4.69) is 58.6 Å². The molecule has 0 radical (unpaired) electrons. The van der Waals surface area contributed by atoms with Gasteiger partial charge in [0.15, 0.2) is 11.5 Å². The maximum absolute atomic E-state index is 14.2. The fraction of sp³-hybridized carbons (Fsp3) is 0.786. The molecular formula is C70H122N8O7S. The number of nitrogen functional groups attached to an aromatic ring is 1. The average molecular weight is 1220 g/mol. The third kappa shape index (κ3) is 37.3. The van der Waals surface area contributed by atoms with Gasteiger partial charge in [0.25, 0.3) is 0 Å². The van der Waals surface area contributed by atoms with Crippen molar-refractivity contribution in [2.24, 2.45) is 0 Å². The molecular weight excluding hydrogens is 1100 g/mol. The summed E-state index contributed by atoms with van der Waals surface area (Å²) >= 11 is 1.39. The Morgan fingerprint density at radius 2 is 0.977 bits per heavy atom. The van der Waals surface area contributed by atoms with E-state index in [1.54, 1.807) is 12.1 Å². The van der Waals surface area contributed by atoms with Crippen molar-refractivity contribution in [2.45, 2.75) is 329 Å². The zero-order valence-electron chi connectivity index (χ0n) is 54.8. The molecule has 0 aliphatic carbocycles. The molecule has 2 heterocycles. The Bertz CT molecular complexity index is 2260. The lowest BCUT2D eigenvalue weighted by molar-refractivity contribution is -0.157. The lowest BCUT2D eigenvalue weighted by atomic mass is 10.0. The van der Waals surface area contributed by atoms with Crippen LogP contribution in [0.3, 0.4) is 0 Å². The molecule has 0 spiro atoms. The molecule has 0 bridgehead atoms. The number of hydrogen-bond donors (Lipinski definition) is 5. The van der Waals surface area contributed by atoms with Crippen LogP contribution in [-0.4, -0.2) is 80.1 Å². The molecule has 1 unspecified atom stereocenters. The molecule has 2 atom stereocenters. The summed E-state index contributed by atoms with van der Waals surface area (Å²) in [5, 5.41) is 9.23. The van der Waals surface area contributed by atoms with Gasteiger partial charge < -0.3 is 36.1 Å². The number of benzene rings is 1. The van der Waals surface area contributed by atoms with E-state index in [4.69, 9.17) is 15.2 Å². The van der Waals surface area contributed by atoms with Crippen molar-refractivity contribution in [3.05, 3.63) is 40.3 Å². The lowest BCUT2D eigenvalue weighted by Crippen LogP contribution is -2.45. The summed E-state index contributed by atoms with van der Waals surface area (Å²) in [6, 6.07) is 6.31. The van der Waals surface area contributed by atoms with Gasteiger partial charge in [-0.1, -0.05) is 277 Å². The number of anilines is 3. The number of nitrogens with two attached hydrogens (primary N) is 1. The van der Waals surface area contributed by atoms with Crippen molar-refractivity contribution < 1.29 is 28.7 Å². The van der Waals surface area contributed by atoms with Crippen molar-refractivity contribution >= 4 is 64.1 Å². The number of imidazole rings is 1. The smallest absolute Gasteiger partial charge is 0.328 e. The number of aromatic nitrogens is 4. The van der Waals surface area contributed by atoms with Crippen LogP contribution in [0.4, 0.5) is 17.5 Å². The zero-order chi connectivity index (χ0) is 61.9. The molecule has 15 nitrogen and oxygen atoms in total. The Kier molecular flexibility index (Phi) is 45.1. The molecule has 2 aromatic heterocycles. The van der Waals surface area contributed by atoms with E-state index < -0.39 is 12.1 Å². The molecule has 3 rings (SSSR count). The topological polar surface area (TPSA) is 212 Å². The third-order valence-electron chi connectivity index (χ3n) is 16.5. The van der Waals surface area contributed by atoms with Gasteiger partial charge >= 0.3 is 17.6 Å². The summed E-state index contributed by atoms with van der Waals surface area (Å²) in [6.07, 6.45) is 49.5. The number of esters is 2. The normalized spacial score (nSPS) is 12.1. The Morgan fingerprint density at radius 3 is 1.44 bits per heavy atom. The van der Waals surface area contributed by atoms with Gasteiger partial charge in [-0.25, -0.2) is 4.79 Å². The van der Waals surface area contributed by atoms with Crippen LogP contribution in [0.15, 0.2) is 29.1 Å². The number of thioether (sulfide) groups is 1. The maximum atomic E-state index is 14.2. The first-order valence-electron chi connectivity index (χ1n) is 35.2. The highest BCUT2D eigenvalue weighted by Crippen LogP contribution is 2.22. The highest BCUT2D eigenvalue weighted by Gasteiger charge is 2.24. The van der Waals surface area contributed by atoms with Crippen molar-refractivity contribution in [3.63, 3.8) is 0 Å². The molecule has 3 aromatic rings. The predicted octanol–water partition coefficient (Wildman–Crippen LogP) is 18.0. The molecule has 0 fully saturated rings. The number of nitrogens with zero attached hydrogens (tertiary/aromatic N) is 3. The predicted molar refractivity (Wildman–Crippen MR) is 361 cm³/mol. The summed E-state index contributed by atoms with van der Waals surface area (Å²) in [5.74, 6) is -0.156. The lowest BCUT2D eigenvalue weighted by Gasteiger charge is -2.21. The monoisotopic (exact) mass is 1220 g/mol. The van der Waals surface area contributed by atoms with Crippen LogP contribution in [0.25, 0.3) is 11.2 Å². The molecule has 86 heavy (non-hydrogen) atoms. The van der Waals surface area contributed by atoms with Crippen LogP contribution in [0, 0.1) is 0 Å². The summed E-state index contributed by atoms with van der Waals surface area (Å²) in [6.45, 7) is 9.68. The van der Waals surface area contributed by atoms with E-state index in [1.165, 1.54) is 203 Å². The minimum atomic E-state index is -0.899. The van der Waals surface area contributed by atoms with Crippen LogP contribution in [-0.2, 0) is 35.2 Å². The van der Waals surface area contributed by atoms with Gasteiger partial charge in [0.1, 0.15) is 24.3 Å². The average Bonchev–Trinajstić information content (AvgIpc) is 2.13. The van der Waals surface area contributed by atoms with E-state index >= 15 is 0 Å². The standard InChI is InChI=1S/C70H122N8O7S/c1-5-9-13-16-19-22-25-28-31-34-37-40-43-46-62(79)74-61(68(82)73-59-51-49-58(50-52-59)54-78-67-65(75-70(78)83)66(71)76-69(77-67)72-53-12-8-4)57-86-56-60(85-64(81)48-45-42-39-36-33-30-27-24-21-18-15-11-7-3)55-84-63(80)47-44-41-38-35-32-29-26-23-20-17-14-10-6-2/h49-52,60-61H,5-48,53-57H2,1-4H3,(H,73,82)(H,74,79)(H,75,83)(H3,71,72,76,77)/t60-,61?/m1/s1. The number of H-pyrrole nitrogens is 1. The van der Waals surface area contributed by atoms with E-state index in [1.807, 2.05) is 12.1 Å². The molecule has 2 amide bonds. The number of fused-ring (bicyclic) bond motifs is 1. The maximum Gasteiger partial charge on any atom is 0.328 e. The summed E-state index contributed by atoms with van der Waals surface area (Å²) in [4.78, 5) is 79.1. The Labute approximate surface area is 525 Å². The highest BCUT2D eigenvalue weighted by molar-refractivity contribution is 7.99. The molecule has 0 aliphatic heterocycles. The first-order chi connectivity index (χ1) is 42.1. The van der Waals surface area contributed by atoms with Crippen LogP contribution in [0.2, 0.25) is 0 Å². The quantitative estimate of drug-likeness (QED) is 0.0264. The fourth-order valence-electron chi connectivity index (χ4n) is 11.0. The van der Waals surface area contributed by atoms with Gasteiger partial charge in [0.2, 0.25) is 17.8 Å². The minimum Gasteiger partial charge on any atom is -0.462 e. The van der Waals surface area contributed by atoms with E-state index in [0.717, 1.165) is 82.6 Å². The Balaban J connectivity index is 1.62. The molecule has 1 aromatic carbocycles. The Morgan fingerprint density at radius 1 is 0.547 bits per heavy atom. The van der Waals surface area contributed by atoms with Crippen LogP contribution >= 0.6 is 11.8 Å². The van der Waals surface area contributed by atoms with Gasteiger partial charge in [-0.15, -0.1) is 0 Å². The van der Waals surface area contributed by atoms with E-state index in [0.29, 0.717) is 48.6 Å². The zero-order valence-corrected chi connectivity index (χ0v) is 55.6. The SMILES string of the molecule is CCCCCCCCCCCCCCCC(=O)NC(CSC[C@@H](COC(=O)CCCCCCCCCCCCCCC)OC(=O)CCCCCCCCCCCCCCC)C(=O)Nc1ccc(Cn2c(=O)[nH]c3c(N)nc(NCCCC)nc32)cc1. The first kappa shape index (κ1) is 75.6. The van der Waals surface area contributed by atoms with Crippen molar-refractivity contribution in [1.82, 2.24) is 24.8 Å². The van der Waals surface area contributed by atoms with Crippen LogP contribution in [0.1, 0.15) is 316 Å². The van der Waals surface area contributed by atoms with Crippen molar-refractivity contribution in [2.75, 3.05) is 41.0 Å². The van der Waals surface area contributed by atoms with Crippen LogP contribution < -0.4 is 27.4 Å². The first-order valence-corrected chi connectivity index (χ1v) is 36.4. The molecule has 0 saturated heterocycles. The fourth-order valence-corrected chi connectivity index (χ4v) is 12.1. The second-order valence-corrected chi connectivity index (χ2v) is 25.6. The third-order valence-corrected chi connectivity index (χ3v) is 17.6.